The molecule has 3 aromatic carbocycles. The highest BCUT2D eigenvalue weighted by Crippen LogP contribution is 2.29. The van der Waals surface area contributed by atoms with Crippen molar-refractivity contribution in [2.75, 3.05) is 24.0 Å². The van der Waals surface area contributed by atoms with E-state index in [1.165, 1.54) is 17.0 Å². The topological polar surface area (TPSA) is 96.0 Å². The number of carbonyl (C=O) groups is 2. The first-order valence-corrected chi connectivity index (χ1v) is 16.0. The first-order valence-electron chi connectivity index (χ1n) is 13.8. The second kappa shape index (κ2) is 15.3. The average Bonchev–Trinajstić information content (AvgIpc) is 2.96. The maximum atomic E-state index is 14.1. The third-order valence-electron chi connectivity index (χ3n) is 6.51. The Morgan fingerprint density at radius 3 is 2.07 bits per heavy atom. The Morgan fingerprint density at radius 2 is 1.52 bits per heavy atom. The number of para-hydroxylation sites is 1. The van der Waals surface area contributed by atoms with Crippen LogP contribution >= 0.6 is 23.2 Å². The molecule has 3 rings (SSSR count). The molecule has 0 spiro atoms. The van der Waals surface area contributed by atoms with Crippen molar-refractivity contribution >= 4 is 50.7 Å². The van der Waals surface area contributed by atoms with Crippen molar-refractivity contribution in [3.63, 3.8) is 0 Å². The zero-order chi connectivity index (χ0) is 30.9. The number of nitrogens with zero attached hydrogens (tertiary/aromatic N) is 2. The molecular weight excluding hydrogens is 597 g/mol. The van der Waals surface area contributed by atoms with Crippen molar-refractivity contribution in [3.8, 4) is 5.75 Å². The summed E-state index contributed by atoms with van der Waals surface area (Å²) in [5, 5.41) is 3.56. The van der Waals surface area contributed by atoms with Gasteiger partial charge in [-0.1, -0.05) is 68.2 Å². The molecule has 3 aromatic rings. The molecular formula is C31H37Cl2N3O5S. The van der Waals surface area contributed by atoms with Crippen LogP contribution in [-0.2, 0) is 26.2 Å². The molecule has 1 N–H and O–H groups in total. The van der Waals surface area contributed by atoms with Gasteiger partial charge in [0.15, 0.2) is 0 Å². The molecule has 0 saturated heterocycles. The van der Waals surface area contributed by atoms with E-state index < -0.39 is 28.5 Å². The Hall–Kier alpha value is -3.27. The lowest BCUT2D eigenvalue weighted by molar-refractivity contribution is -0.140. The first kappa shape index (κ1) is 33.2. The molecule has 0 aliphatic carbocycles. The predicted molar refractivity (Wildman–Crippen MR) is 168 cm³/mol. The number of ether oxygens (including phenoxy) is 1. The quantitative estimate of drug-likeness (QED) is 0.229. The van der Waals surface area contributed by atoms with Gasteiger partial charge in [0.1, 0.15) is 18.3 Å². The fraction of sp³-hybridized carbons (Fsp3) is 0.355. The Morgan fingerprint density at radius 1 is 0.905 bits per heavy atom. The van der Waals surface area contributed by atoms with Gasteiger partial charge in [0.2, 0.25) is 11.8 Å². The second-order valence-electron chi connectivity index (χ2n) is 10.0. The van der Waals surface area contributed by atoms with Crippen LogP contribution in [0.2, 0.25) is 10.0 Å². The highest BCUT2D eigenvalue weighted by Gasteiger charge is 2.34. The molecule has 0 heterocycles. The van der Waals surface area contributed by atoms with Gasteiger partial charge >= 0.3 is 0 Å². The molecule has 11 heteroatoms. The lowest BCUT2D eigenvalue weighted by Crippen LogP contribution is -2.52. The molecule has 226 valence electrons. The van der Waals surface area contributed by atoms with Gasteiger partial charge in [-0.2, -0.15) is 0 Å². The Kier molecular flexibility index (Phi) is 12.1. The van der Waals surface area contributed by atoms with E-state index in [2.05, 4.69) is 5.32 Å². The number of benzene rings is 3. The van der Waals surface area contributed by atoms with E-state index in [-0.39, 0.29) is 29.7 Å². The first-order chi connectivity index (χ1) is 20.0. The molecule has 42 heavy (non-hydrogen) atoms. The van der Waals surface area contributed by atoms with Gasteiger partial charge in [-0.15, -0.1) is 0 Å². The van der Waals surface area contributed by atoms with Gasteiger partial charge in [0.25, 0.3) is 10.0 Å². The summed E-state index contributed by atoms with van der Waals surface area (Å²) in [7, 11) is -4.20. The molecule has 0 aliphatic heterocycles. The number of rotatable bonds is 14. The maximum absolute atomic E-state index is 14.1. The third-order valence-corrected chi connectivity index (χ3v) is 9.00. The number of carbonyl (C=O) groups excluding carboxylic acids is 2. The second-order valence-corrected chi connectivity index (χ2v) is 12.7. The van der Waals surface area contributed by atoms with Crippen molar-refractivity contribution in [2.45, 2.75) is 51.6 Å². The summed E-state index contributed by atoms with van der Waals surface area (Å²) < 4.78 is 34.4. The van der Waals surface area contributed by atoms with E-state index in [0.29, 0.717) is 40.2 Å². The normalized spacial score (nSPS) is 12.1. The van der Waals surface area contributed by atoms with E-state index in [0.717, 1.165) is 4.31 Å². The van der Waals surface area contributed by atoms with Crippen molar-refractivity contribution in [2.24, 2.45) is 5.92 Å². The lowest BCUT2D eigenvalue weighted by atomic mass is 10.1. The Labute approximate surface area is 258 Å². The fourth-order valence-corrected chi connectivity index (χ4v) is 6.25. The Bertz CT molecular complexity index is 1430. The van der Waals surface area contributed by atoms with E-state index in [9.17, 15) is 18.0 Å². The van der Waals surface area contributed by atoms with Gasteiger partial charge in [0, 0.05) is 28.7 Å². The zero-order valence-electron chi connectivity index (χ0n) is 24.2. The summed E-state index contributed by atoms with van der Waals surface area (Å²) in [5.74, 6) is -0.208. The van der Waals surface area contributed by atoms with Crippen LogP contribution < -0.4 is 14.4 Å². The highest BCUT2D eigenvalue weighted by atomic mass is 35.5. The van der Waals surface area contributed by atoms with Crippen molar-refractivity contribution in [1.29, 1.82) is 0 Å². The summed E-state index contributed by atoms with van der Waals surface area (Å²) in [5.41, 5.74) is 0.762. The minimum atomic E-state index is -4.20. The summed E-state index contributed by atoms with van der Waals surface area (Å²) >= 11 is 12.9. The highest BCUT2D eigenvalue weighted by molar-refractivity contribution is 7.92. The molecule has 0 saturated carbocycles. The summed E-state index contributed by atoms with van der Waals surface area (Å²) in [6.07, 6.45) is 0.286. The monoisotopic (exact) mass is 633 g/mol. The van der Waals surface area contributed by atoms with Gasteiger partial charge in [0.05, 0.1) is 17.2 Å². The van der Waals surface area contributed by atoms with Gasteiger partial charge in [-0.05, 0) is 67.8 Å². The molecule has 2 amide bonds. The van der Waals surface area contributed by atoms with Crippen LogP contribution in [0.25, 0.3) is 0 Å². The standard InChI is InChI=1S/C31H37Cl2N3O5S/c1-5-29(31(38)34-19-22(3)4)35(20-26-27(32)13-10-14-28(26)33)30(37)21-36(23-11-8-7-9-12-23)42(39,40)25-17-15-24(16-18-25)41-6-2/h7-18,22,29H,5-6,19-21H2,1-4H3,(H,34,38)/t29-/m1/s1. The maximum Gasteiger partial charge on any atom is 0.264 e. The van der Waals surface area contributed by atoms with Crippen LogP contribution in [0.3, 0.4) is 0 Å². The number of anilines is 1. The van der Waals surface area contributed by atoms with Gasteiger partial charge in [-0.3, -0.25) is 13.9 Å². The smallest absolute Gasteiger partial charge is 0.264 e. The summed E-state index contributed by atoms with van der Waals surface area (Å²) in [6.45, 7) is 7.78. The minimum Gasteiger partial charge on any atom is -0.494 e. The molecule has 8 nitrogen and oxygen atoms in total. The van der Waals surface area contributed by atoms with Crippen LogP contribution in [-0.4, -0.2) is 50.9 Å². The average molecular weight is 635 g/mol. The van der Waals surface area contributed by atoms with Crippen LogP contribution in [0.15, 0.2) is 77.7 Å². The summed E-state index contributed by atoms with van der Waals surface area (Å²) in [4.78, 5) is 28.8. The third kappa shape index (κ3) is 8.40. The lowest BCUT2D eigenvalue weighted by Gasteiger charge is -2.33. The number of hydrogen-bond donors (Lipinski definition) is 1. The predicted octanol–water partition coefficient (Wildman–Crippen LogP) is 6.17. The molecule has 0 fully saturated rings. The van der Waals surface area contributed by atoms with Crippen LogP contribution in [0.1, 0.15) is 39.7 Å². The van der Waals surface area contributed by atoms with E-state index >= 15 is 0 Å². The SMILES string of the molecule is CCOc1ccc(S(=O)(=O)N(CC(=O)N(Cc2c(Cl)cccc2Cl)[C@H](CC)C(=O)NCC(C)C)c2ccccc2)cc1. The molecule has 1 atom stereocenters. The Balaban J connectivity index is 2.05. The molecule has 0 aliphatic rings. The number of amides is 2. The van der Waals surface area contributed by atoms with Crippen LogP contribution in [0, 0.1) is 5.92 Å². The molecule has 0 aromatic heterocycles. The molecule has 0 radical (unpaired) electrons. The number of nitrogens with one attached hydrogen (secondary N) is 1. The van der Waals surface area contributed by atoms with Crippen molar-refractivity contribution in [3.05, 3.63) is 88.4 Å². The van der Waals surface area contributed by atoms with E-state index in [1.54, 1.807) is 67.6 Å². The van der Waals surface area contributed by atoms with Gasteiger partial charge < -0.3 is 15.0 Å². The molecule has 0 bridgehead atoms. The van der Waals surface area contributed by atoms with Crippen molar-refractivity contribution in [1.82, 2.24) is 10.2 Å². The number of sulfonamides is 1. The number of hydrogen-bond acceptors (Lipinski definition) is 5. The van der Waals surface area contributed by atoms with Gasteiger partial charge in [-0.25, -0.2) is 8.42 Å². The number of halogens is 2. The van der Waals surface area contributed by atoms with Crippen LogP contribution in [0.4, 0.5) is 5.69 Å². The van der Waals surface area contributed by atoms with Crippen LogP contribution in [0.5, 0.6) is 5.75 Å². The van der Waals surface area contributed by atoms with Crippen molar-refractivity contribution < 1.29 is 22.7 Å². The van der Waals surface area contributed by atoms with E-state index in [4.69, 9.17) is 27.9 Å². The molecule has 0 unspecified atom stereocenters. The minimum absolute atomic E-state index is 0.00924. The fourth-order valence-electron chi connectivity index (χ4n) is 4.32. The summed E-state index contributed by atoms with van der Waals surface area (Å²) in [6, 6.07) is 18.5. The zero-order valence-corrected chi connectivity index (χ0v) is 26.5. The van der Waals surface area contributed by atoms with E-state index in [1.807, 2.05) is 20.8 Å². The largest absolute Gasteiger partial charge is 0.494 e.